The number of nitrogens with one attached hydrogen (secondary N) is 2. The number of rotatable bonds is 3. The number of H-pyrrole nitrogens is 1. The molecule has 2 aromatic heterocycles. The molecular weight excluding hydrogens is 262 g/mol. The number of hydrogen-bond acceptors (Lipinski definition) is 5. The Morgan fingerprint density at radius 3 is 3.05 bits per heavy atom. The molecule has 3 aromatic rings. The maximum Gasteiger partial charge on any atom is 0.231 e. The second kappa shape index (κ2) is 4.17. The van der Waals surface area contributed by atoms with Crippen molar-refractivity contribution >= 4 is 28.3 Å². The quantitative estimate of drug-likeness (QED) is 0.770. The van der Waals surface area contributed by atoms with E-state index in [1.807, 2.05) is 18.2 Å². The Balaban J connectivity index is 1.61. The second-order valence-corrected chi connectivity index (χ2v) is 5.27. The minimum absolute atomic E-state index is 0.283. The van der Waals surface area contributed by atoms with Gasteiger partial charge in [-0.15, -0.1) is 11.3 Å². The predicted octanol–water partition coefficient (Wildman–Crippen LogP) is 2.97. The largest absolute Gasteiger partial charge is 0.454 e. The number of aromatic nitrogens is 2. The molecule has 0 fully saturated rings. The molecule has 1 aliphatic rings. The summed E-state index contributed by atoms with van der Waals surface area (Å²) in [6.07, 6.45) is 0. The molecule has 3 heterocycles. The van der Waals surface area contributed by atoms with Gasteiger partial charge in [0.25, 0.3) is 0 Å². The highest BCUT2D eigenvalue weighted by Crippen LogP contribution is 2.35. The standard InChI is InChI=1S/C13H11N3O2S/c1-2-8(19-3-1)6-14-13-15-9-4-11-12(18-7-17-11)5-10(9)16-13/h1-5H,6-7H2,(H2,14,15,16). The summed E-state index contributed by atoms with van der Waals surface area (Å²) in [6, 6.07) is 7.95. The number of fused-ring (bicyclic) bond motifs is 2. The molecule has 0 bridgehead atoms. The molecule has 1 aliphatic heterocycles. The smallest absolute Gasteiger partial charge is 0.231 e. The topological polar surface area (TPSA) is 59.2 Å². The zero-order valence-corrected chi connectivity index (χ0v) is 10.8. The number of aromatic amines is 1. The summed E-state index contributed by atoms with van der Waals surface area (Å²) < 4.78 is 10.7. The van der Waals surface area contributed by atoms with Crippen molar-refractivity contribution in [1.82, 2.24) is 9.97 Å². The summed E-state index contributed by atoms with van der Waals surface area (Å²) in [5, 5.41) is 5.34. The van der Waals surface area contributed by atoms with Gasteiger partial charge < -0.3 is 19.8 Å². The van der Waals surface area contributed by atoms with Crippen molar-refractivity contribution in [2.24, 2.45) is 0 Å². The predicted molar refractivity (Wildman–Crippen MR) is 73.9 cm³/mol. The number of ether oxygens (including phenoxy) is 2. The van der Waals surface area contributed by atoms with Crippen LogP contribution in [0.2, 0.25) is 0 Å². The average molecular weight is 273 g/mol. The Bertz CT molecular complexity index is 680. The van der Waals surface area contributed by atoms with Crippen LogP contribution in [0, 0.1) is 0 Å². The zero-order chi connectivity index (χ0) is 12.7. The maximum atomic E-state index is 5.35. The summed E-state index contributed by atoms with van der Waals surface area (Å²) in [4.78, 5) is 9.00. The van der Waals surface area contributed by atoms with E-state index in [0.717, 1.165) is 35.0 Å². The van der Waals surface area contributed by atoms with Crippen molar-refractivity contribution in [2.45, 2.75) is 6.54 Å². The van der Waals surface area contributed by atoms with E-state index in [1.54, 1.807) is 11.3 Å². The lowest BCUT2D eigenvalue weighted by Crippen LogP contribution is -1.98. The number of benzene rings is 1. The van der Waals surface area contributed by atoms with Crippen molar-refractivity contribution < 1.29 is 9.47 Å². The van der Waals surface area contributed by atoms with Crippen LogP contribution in [0.25, 0.3) is 11.0 Å². The molecule has 0 saturated heterocycles. The molecule has 0 radical (unpaired) electrons. The summed E-state index contributed by atoms with van der Waals surface area (Å²) in [5.74, 6) is 2.27. The van der Waals surface area contributed by atoms with Crippen LogP contribution in [0.15, 0.2) is 29.6 Å². The van der Waals surface area contributed by atoms with E-state index in [-0.39, 0.29) is 6.79 Å². The SMILES string of the molecule is c1csc(CNc2nc3cc4c(cc3[nH]2)OCO4)c1. The number of imidazole rings is 1. The Kier molecular flexibility index (Phi) is 2.34. The van der Waals surface area contributed by atoms with E-state index in [1.165, 1.54) is 4.88 Å². The summed E-state index contributed by atoms with van der Waals surface area (Å²) in [6.45, 7) is 1.05. The van der Waals surface area contributed by atoms with Crippen molar-refractivity contribution in [3.05, 3.63) is 34.5 Å². The minimum Gasteiger partial charge on any atom is -0.454 e. The first-order valence-corrected chi connectivity index (χ1v) is 6.82. The van der Waals surface area contributed by atoms with E-state index in [2.05, 4.69) is 26.7 Å². The van der Waals surface area contributed by atoms with Gasteiger partial charge in [-0.25, -0.2) is 4.98 Å². The van der Waals surface area contributed by atoms with Crippen LogP contribution >= 0.6 is 11.3 Å². The van der Waals surface area contributed by atoms with Crippen molar-refractivity contribution in [3.63, 3.8) is 0 Å². The van der Waals surface area contributed by atoms with Crippen LogP contribution < -0.4 is 14.8 Å². The zero-order valence-electron chi connectivity index (χ0n) is 9.97. The van der Waals surface area contributed by atoms with E-state index >= 15 is 0 Å². The number of nitrogens with zero attached hydrogens (tertiary/aromatic N) is 1. The van der Waals surface area contributed by atoms with E-state index in [0.29, 0.717) is 0 Å². The normalized spacial score (nSPS) is 13.1. The van der Waals surface area contributed by atoms with Gasteiger partial charge in [-0.1, -0.05) is 6.07 Å². The Hall–Kier alpha value is -2.21. The molecule has 0 aliphatic carbocycles. The van der Waals surface area contributed by atoms with Crippen LogP contribution in [0.3, 0.4) is 0 Å². The average Bonchev–Trinajstić information content (AvgIpc) is 3.13. The second-order valence-electron chi connectivity index (χ2n) is 4.24. The molecule has 0 spiro atoms. The Labute approximate surface area is 113 Å². The molecule has 0 amide bonds. The molecule has 96 valence electrons. The third kappa shape index (κ3) is 1.90. The van der Waals surface area contributed by atoms with Gasteiger partial charge in [-0.05, 0) is 11.4 Å². The summed E-state index contributed by atoms with van der Waals surface area (Å²) >= 11 is 1.72. The minimum atomic E-state index is 0.283. The van der Waals surface area contributed by atoms with Crippen LogP contribution in [-0.4, -0.2) is 16.8 Å². The van der Waals surface area contributed by atoms with Gasteiger partial charge >= 0.3 is 0 Å². The number of anilines is 1. The fourth-order valence-electron chi connectivity index (χ4n) is 2.07. The number of thiophene rings is 1. The number of hydrogen-bond donors (Lipinski definition) is 2. The summed E-state index contributed by atoms with van der Waals surface area (Å²) in [7, 11) is 0. The molecule has 0 atom stereocenters. The monoisotopic (exact) mass is 273 g/mol. The Morgan fingerprint density at radius 2 is 2.21 bits per heavy atom. The van der Waals surface area contributed by atoms with Crippen molar-refractivity contribution in [1.29, 1.82) is 0 Å². The molecule has 6 heteroatoms. The molecule has 2 N–H and O–H groups in total. The third-order valence-electron chi connectivity index (χ3n) is 2.99. The first-order chi connectivity index (χ1) is 9.38. The molecule has 19 heavy (non-hydrogen) atoms. The highest BCUT2D eigenvalue weighted by Gasteiger charge is 2.16. The first kappa shape index (κ1) is 10.7. The van der Waals surface area contributed by atoms with Crippen LogP contribution in [0.4, 0.5) is 5.95 Å². The molecule has 0 unspecified atom stereocenters. The van der Waals surface area contributed by atoms with Crippen LogP contribution in [-0.2, 0) is 6.54 Å². The molecule has 5 nitrogen and oxygen atoms in total. The Morgan fingerprint density at radius 1 is 1.32 bits per heavy atom. The van der Waals surface area contributed by atoms with Gasteiger partial charge in [0.1, 0.15) is 0 Å². The highest BCUT2D eigenvalue weighted by atomic mass is 32.1. The summed E-state index contributed by atoms with van der Waals surface area (Å²) in [5.41, 5.74) is 1.82. The lowest BCUT2D eigenvalue weighted by molar-refractivity contribution is 0.174. The van der Waals surface area contributed by atoms with Crippen molar-refractivity contribution in [3.8, 4) is 11.5 Å². The lowest BCUT2D eigenvalue weighted by Gasteiger charge is -1.98. The highest BCUT2D eigenvalue weighted by molar-refractivity contribution is 7.09. The van der Waals surface area contributed by atoms with E-state index in [9.17, 15) is 0 Å². The first-order valence-electron chi connectivity index (χ1n) is 5.94. The van der Waals surface area contributed by atoms with Crippen LogP contribution in [0.5, 0.6) is 11.5 Å². The van der Waals surface area contributed by atoms with Gasteiger partial charge in [0.2, 0.25) is 12.7 Å². The molecule has 1 aromatic carbocycles. The van der Waals surface area contributed by atoms with E-state index in [4.69, 9.17) is 9.47 Å². The van der Waals surface area contributed by atoms with Gasteiger partial charge in [0, 0.05) is 17.0 Å². The maximum absolute atomic E-state index is 5.35. The van der Waals surface area contributed by atoms with Gasteiger partial charge in [-0.3, -0.25) is 0 Å². The van der Waals surface area contributed by atoms with Crippen molar-refractivity contribution in [2.75, 3.05) is 12.1 Å². The van der Waals surface area contributed by atoms with E-state index < -0.39 is 0 Å². The fraction of sp³-hybridized carbons (Fsp3) is 0.154. The van der Waals surface area contributed by atoms with Gasteiger partial charge in [0.15, 0.2) is 11.5 Å². The van der Waals surface area contributed by atoms with Crippen LogP contribution in [0.1, 0.15) is 4.88 Å². The van der Waals surface area contributed by atoms with Gasteiger partial charge in [0.05, 0.1) is 17.6 Å². The fourth-order valence-corrected chi connectivity index (χ4v) is 2.71. The lowest BCUT2D eigenvalue weighted by atomic mass is 10.3. The molecular formula is C13H11N3O2S. The molecule has 4 rings (SSSR count). The van der Waals surface area contributed by atoms with Gasteiger partial charge in [-0.2, -0.15) is 0 Å². The third-order valence-corrected chi connectivity index (χ3v) is 3.86. The molecule has 0 saturated carbocycles.